The van der Waals surface area contributed by atoms with Gasteiger partial charge in [0.05, 0.1) is 12.5 Å². The van der Waals surface area contributed by atoms with Crippen LogP contribution in [-0.4, -0.2) is 169 Å². The maximum Gasteiger partial charge on any atom is 0.326 e. The Morgan fingerprint density at radius 1 is 0.684 bits per heavy atom. The van der Waals surface area contributed by atoms with Crippen molar-refractivity contribution in [2.75, 3.05) is 31.6 Å². The van der Waals surface area contributed by atoms with Crippen molar-refractivity contribution < 1.29 is 58.5 Å². The summed E-state index contributed by atoms with van der Waals surface area (Å²) in [5, 5.41) is 38.4. The number of carbonyl (C=O) groups is 9. The van der Waals surface area contributed by atoms with Crippen molar-refractivity contribution in [1.29, 1.82) is 0 Å². The SMILES string of the molecule is CSCC[C@H](NC(=O)[C@@H]1CCCN1C(=O)[C@@H](NC(=O)[C@@H]1CCCN1C(=O)[C@H](C)NC(=O)[C@@H](N)[C@@H](C)O)C(C)C)C(=O)N1CCC[C@H]1C(=O)N[C@@H](CC(=O)O)C(=O)O. The third-order valence-corrected chi connectivity index (χ3v) is 11.2. The molecule has 0 spiro atoms. The lowest BCUT2D eigenvalue weighted by atomic mass is 10.0. The first-order chi connectivity index (χ1) is 26.8. The highest BCUT2D eigenvalue weighted by molar-refractivity contribution is 7.98. The number of rotatable bonds is 19. The standard InChI is InChI=1S/C36H58N8O12S/c1-18(2)28(41-31(50)25-11-6-13-42(25)33(52)19(3)38-32(51)27(37)20(4)45)35(54)44-15-8-10-24(44)29(48)39-21(12-16-57-5)34(53)43-14-7-9-23(43)30(49)40-22(36(55)56)17-26(46)47/h18-25,27-28,45H,6-17,37H2,1-5H3,(H,38,51)(H,39,48)(H,40,49)(H,41,50)(H,46,47)(H,55,56)/t19-,20+,21-,22-,23-,24-,25-,27-,28-/m0/s1. The van der Waals surface area contributed by atoms with Crippen LogP contribution in [0.1, 0.15) is 79.1 Å². The van der Waals surface area contributed by atoms with Crippen molar-refractivity contribution in [3.8, 4) is 0 Å². The quantitative estimate of drug-likeness (QED) is 0.0674. The third kappa shape index (κ3) is 12.2. The number of nitrogens with zero attached hydrogens (tertiary/aromatic N) is 3. The summed E-state index contributed by atoms with van der Waals surface area (Å²) in [4.78, 5) is 121. The van der Waals surface area contributed by atoms with Crippen molar-refractivity contribution in [2.24, 2.45) is 11.7 Å². The van der Waals surface area contributed by atoms with Crippen LogP contribution in [0.5, 0.6) is 0 Å². The number of nitrogens with two attached hydrogens (primary N) is 1. The Labute approximate surface area is 335 Å². The van der Waals surface area contributed by atoms with E-state index < -0.39 is 120 Å². The van der Waals surface area contributed by atoms with Crippen LogP contribution in [0.2, 0.25) is 0 Å². The molecule has 3 fully saturated rings. The smallest absolute Gasteiger partial charge is 0.326 e. The first-order valence-electron chi connectivity index (χ1n) is 19.3. The number of carboxylic acid groups (broad SMARTS) is 2. The Balaban J connectivity index is 1.71. The molecule has 0 saturated carbocycles. The maximum absolute atomic E-state index is 14.1. The lowest BCUT2D eigenvalue weighted by molar-refractivity contribution is -0.148. The number of carboxylic acids is 2. The summed E-state index contributed by atoms with van der Waals surface area (Å²) in [7, 11) is 0. The summed E-state index contributed by atoms with van der Waals surface area (Å²) in [6, 6.07) is -9.15. The molecule has 0 unspecified atom stereocenters. The number of aliphatic hydroxyl groups is 1. The predicted octanol–water partition coefficient (Wildman–Crippen LogP) is -2.40. The van der Waals surface area contributed by atoms with Crippen LogP contribution in [0.3, 0.4) is 0 Å². The minimum atomic E-state index is -1.70. The summed E-state index contributed by atoms with van der Waals surface area (Å²) in [5.74, 6) is -7.27. The van der Waals surface area contributed by atoms with Crippen LogP contribution in [-0.2, 0) is 43.2 Å². The van der Waals surface area contributed by atoms with E-state index in [0.29, 0.717) is 31.4 Å². The lowest BCUT2D eigenvalue weighted by Crippen LogP contribution is -2.60. The van der Waals surface area contributed by atoms with Gasteiger partial charge in [-0.3, -0.25) is 38.4 Å². The van der Waals surface area contributed by atoms with Gasteiger partial charge in [0.2, 0.25) is 41.4 Å². The fraction of sp³-hybridized carbons (Fsp3) is 0.750. The van der Waals surface area contributed by atoms with E-state index in [1.54, 1.807) is 13.8 Å². The first kappa shape index (κ1) is 46.9. The number of hydrogen-bond acceptors (Lipinski definition) is 12. The normalized spacial score (nSPS) is 22.5. The van der Waals surface area contributed by atoms with Gasteiger partial charge >= 0.3 is 11.9 Å². The van der Waals surface area contributed by atoms with Crippen LogP contribution in [0, 0.1) is 5.92 Å². The number of thioether (sulfide) groups is 1. The highest BCUT2D eigenvalue weighted by Gasteiger charge is 2.44. The van der Waals surface area contributed by atoms with Crippen molar-refractivity contribution in [3.63, 3.8) is 0 Å². The second-order valence-corrected chi connectivity index (χ2v) is 16.1. The van der Waals surface area contributed by atoms with Crippen LogP contribution in [0.4, 0.5) is 0 Å². The van der Waals surface area contributed by atoms with Crippen molar-refractivity contribution in [1.82, 2.24) is 36.0 Å². The molecule has 3 heterocycles. The van der Waals surface area contributed by atoms with Gasteiger partial charge in [0.1, 0.15) is 48.3 Å². The molecule has 0 aromatic carbocycles. The minimum Gasteiger partial charge on any atom is -0.481 e. The Bertz CT molecular complexity index is 1530. The van der Waals surface area contributed by atoms with Gasteiger partial charge in [-0.1, -0.05) is 13.8 Å². The van der Waals surface area contributed by atoms with E-state index in [4.69, 9.17) is 10.8 Å². The highest BCUT2D eigenvalue weighted by atomic mass is 32.2. The molecule has 7 amide bonds. The predicted molar refractivity (Wildman–Crippen MR) is 205 cm³/mol. The number of amides is 7. The van der Waals surface area contributed by atoms with Crippen molar-refractivity contribution in [2.45, 2.75) is 134 Å². The van der Waals surface area contributed by atoms with Gasteiger partial charge < -0.3 is 57.0 Å². The number of aliphatic hydroxyl groups excluding tert-OH is 1. The van der Waals surface area contributed by atoms with E-state index in [-0.39, 0.29) is 38.9 Å². The zero-order valence-electron chi connectivity index (χ0n) is 33.1. The molecule has 3 aliphatic heterocycles. The molecule has 0 aliphatic carbocycles. The molecule has 21 heteroatoms. The summed E-state index contributed by atoms with van der Waals surface area (Å²) >= 11 is 1.43. The molecule has 3 saturated heterocycles. The Kier molecular flexibility index (Phi) is 17.5. The average Bonchev–Trinajstić information content (AvgIpc) is 3.95. The van der Waals surface area contributed by atoms with Crippen molar-refractivity contribution in [3.05, 3.63) is 0 Å². The Morgan fingerprint density at radius 2 is 1.14 bits per heavy atom. The van der Waals surface area contributed by atoms with Crippen LogP contribution in [0.15, 0.2) is 0 Å². The zero-order valence-corrected chi connectivity index (χ0v) is 33.9. The lowest BCUT2D eigenvalue weighted by Gasteiger charge is -2.34. The summed E-state index contributed by atoms with van der Waals surface area (Å²) < 4.78 is 0. The van der Waals surface area contributed by atoms with Crippen LogP contribution in [0.25, 0.3) is 0 Å². The third-order valence-electron chi connectivity index (χ3n) is 10.5. The molecule has 3 aliphatic rings. The number of hydrogen-bond donors (Lipinski definition) is 8. The monoisotopic (exact) mass is 826 g/mol. The molecule has 3 rings (SSSR count). The second kappa shape index (κ2) is 21.3. The van der Waals surface area contributed by atoms with E-state index in [1.165, 1.54) is 40.3 Å². The number of likely N-dealkylation sites (tertiary alicyclic amines) is 3. The summed E-state index contributed by atoms with van der Waals surface area (Å²) in [6.45, 7) is 6.84. The van der Waals surface area contributed by atoms with E-state index >= 15 is 0 Å². The molecule has 20 nitrogen and oxygen atoms in total. The average molecular weight is 827 g/mol. The minimum absolute atomic E-state index is 0.151. The second-order valence-electron chi connectivity index (χ2n) is 15.1. The molecule has 0 bridgehead atoms. The van der Waals surface area contributed by atoms with E-state index in [1.807, 2.05) is 6.26 Å². The van der Waals surface area contributed by atoms with Gasteiger partial charge in [-0.05, 0) is 76.7 Å². The molecule has 320 valence electrons. The van der Waals surface area contributed by atoms with Gasteiger partial charge in [0.15, 0.2) is 0 Å². The Hall–Kier alpha value is -4.50. The molecule has 9 atom stereocenters. The molecule has 0 aromatic heterocycles. The largest absolute Gasteiger partial charge is 0.481 e. The Morgan fingerprint density at radius 3 is 1.58 bits per heavy atom. The van der Waals surface area contributed by atoms with Crippen LogP contribution >= 0.6 is 11.8 Å². The molecular formula is C36H58N8O12S. The maximum atomic E-state index is 14.1. The van der Waals surface area contributed by atoms with E-state index in [0.717, 1.165) is 0 Å². The number of nitrogens with one attached hydrogen (secondary N) is 4. The molecule has 0 aromatic rings. The van der Waals surface area contributed by atoms with Gasteiger partial charge in [-0.2, -0.15) is 11.8 Å². The van der Waals surface area contributed by atoms with Gasteiger partial charge in [0.25, 0.3) is 0 Å². The molecule has 0 radical (unpaired) electrons. The fourth-order valence-electron chi connectivity index (χ4n) is 7.29. The van der Waals surface area contributed by atoms with Crippen molar-refractivity contribution >= 4 is 65.1 Å². The summed E-state index contributed by atoms with van der Waals surface area (Å²) in [6.07, 6.45) is 2.18. The van der Waals surface area contributed by atoms with Gasteiger partial charge in [0, 0.05) is 19.6 Å². The fourth-order valence-corrected chi connectivity index (χ4v) is 7.77. The van der Waals surface area contributed by atoms with Crippen LogP contribution < -0.4 is 27.0 Å². The summed E-state index contributed by atoms with van der Waals surface area (Å²) in [5.41, 5.74) is 5.69. The van der Waals surface area contributed by atoms with Gasteiger partial charge in [-0.25, -0.2) is 4.79 Å². The number of carbonyl (C=O) groups excluding carboxylic acids is 7. The topological polar surface area (TPSA) is 298 Å². The highest BCUT2D eigenvalue weighted by Crippen LogP contribution is 2.24. The zero-order chi connectivity index (χ0) is 42.7. The first-order valence-corrected chi connectivity index (χ1v) is 20.7. The van der Waals surface area contributed by atoms with Gasteiger partial charge in [-0.15, -0.1) is 0 Å². The number of aliphatic carboxylic acids is 2. The molecular weight excluding hydrogens is 769 g/mol. The van der Waals surface area contributed by atoms with E-state index in [9.17, 15) is 53.4 Å². The molecule has 57 heavy (non-hydrogen) atoms. The van der Waals surface area contributed by atoms with E-state index in [2.05, 4.69) is 21.3 Å². The molecule has 9 N–H and O–H groups in total.